The molecule has 1 saturated carbocycles. The number of nitrogens with two attached hydrogens (primary N) is 1. The molecule has 0 radical (unpaired) electrons. The highest BCUT2D eigenvalue weighted by Gasteiger charge is 2.53. The summed E-state index contributed by atoms with van der Waals surface area (Å²) in [5, 5.41) is 48.9. The van der Waals surface area contributed by atoms with Crippen molar-refractivity contribution in [2.24, 2.45) is 35.3 Å². The molecule has 21 nitrogen and oxygen atoms in total. The summed E-state index contributed by atoms with van der Waals surface area (Å²) in [6, 6.07) is -2.11. The minimum Gasteiger partial charge on any atom is -0.459 e. The molecule has 7 N–H and O–H groups in total. The van der Waals surface area contributed by atoms with Crippen LogP contribution in [0.5, 0.6) is 0 Å². The van der Waals surface area contributed by atoms with Gasteiger partial charge in [0.25, 0.3) is 11.7 Å². The number of nitrogens with one attached hydrogen (secondary N) is 1. The van der Waals surface area contributed by atoms with Gasteiger partial charge in [0.05, 0.1) is 70.7 Å². The summed E-state index contributed by atoms with van der Waals surface area (Å²) >= 11 is 0. The number of ether oxygens (including phenoxy) is 9. The van der Waals surface area contributed by atoms with Gasteiger partial charge in [0.2, 0.25) is 5.79 Å². The monoisotopic (exact) mass is 1140 g/mol. The molecular weight excluding hydrogens is 1040 g/mol. The topological polar surface area (TPSA) is 291 Å². The molecule has 4 rings (SSSR count). The van der Waals surface area contributed by atoms with Gasteiger partial charge in [-0.1, -0.05) is 64.2 Å². The number of allylic oxidation sites excluding steroid dienone is 5. The molecular formula is C59H97N3O18. The van der Waals surface area contributed by atoms with Gasteiger partial charge in [0.1, 0.15) is 30.5 Å². The zero-order valence-electron chi connectivity index (χ0n) is 49.0. The van der Waals surface area contributed by atoms with Crippen LogP contribution < -0.4 is 11.1 Å². The van der Waals surface area contributed by atoms with Gasteiger partial charge < -0.3 is 79.0 Å². The Balaban J connectivity index is 1.53. The van der Waals surface area contributed by atoms with Crippen LogP contribution in [0.25, 0.3) is 0 Å². The number of ketones is 2. The number of piperidine rings is 1. The molecule has 16 atom stereocenters. The highest BCUT2D eigenvalue weighted by Crippen LogP contribution is 2.37. The Morgan fingerprint density at radius 1 is 0.787 bits per heavy atom. The van der Waals surface area contributed by atoms with E-state index in [-0.39, 0.29) is 56.4 Å². The van der Waals surface area contributed by atoms with Gasteiger partial charge in [0.15, 0.2) is 5.78 Å². The second-order valence-electron chi connectivity index (χ2n) is 22.4. The van der Waals surface area contributed by atoms with Crippen LogP contribution in [0.15, 0.2) is 47.6 Å². The summed E-state index contributed by atoms with van der Waals surface area (Å²) in [4.78, 5) is 70.7. The lowest BCUT2D eigenvalue weighted by Crippen LogP contribution is -2.61. The van der Waals surface area contributed by atoms with Crippen molar-refractivity contribution in [1.29, 1.82) is 0 Å². The molecule has 80 heavy (non-hydrogen) atoms. The third-order valence-corrected chi connectivity index (χ3v) is 16.1. The van der Waals surface area contributed by atoms with Crippen molar-refractivity contribution >= 4 is 29.5 Å². The zero-order valence-corrected chi connectivity index (χ0v) is 49.0. The first-order valence-corrected chi connectivity index (χ1v) is 28.9. The molecule has 0 aromatic rings. The Morgan fingerprint density at radius 2 is 1.48 bits per heavy atom. The molecule has 21 heteroatoms. The summed E-state index contributed by atoms with van der Waals surface area (Å²) in [7, 11) is 4.69. The highest BCUT2D eigenvalue weighted by molar-refractivity contribution is 6.39. The van der Waals surface area contributed by atoms with E-state index in [1.807, 2.05) is 44.2 Å². The van der Waals surface area contributed by atoms with Crippen LogP contribution in [0.1, 0.15) is 119 Å². The van der Waals surface area contributed by atoms with Crippen molar-refractivity contribution in [1.82, 2.24) is 10.2 Å². The minimum absolute atomic E-state index is 0.0313. The number of aliphatic hydroxyl groups is 4. The average Bonchev–Trinajstić information content (AvgIpc) is 3.45. The number of esters is 1. The van der Waals surface area contributed by atoms with Crippen molar-refractivity contribution in [2.75, 3.05) is 80.7 Å². The third kappa shape index (κ3) is 21.3. The maximum atomic E-state index is 14.6. The van der Waals surface area contributed by atoms with Gasteiger partial charge in [-0.3, -0.25) is 14.4 Å². The first-order valence-electron chi connectivity index (χ1n) is 28.9. The SMILES string of the molecule is COCCOCCOCCOCCNC(=O)O[C@@H]1CC[C@@H](C[C@@H](N)[C@@H]2C[C@@H](O)[C@H](C)/C=C(\C)[C@@H](O)[C@@H](O)C(=O)[C@H](C)C[C@H](C)/C=C/C=C/C=C(\C)[C@@H](OC)C[C@@H]3CC[C@@H](C)[C@@](O)(O3)C(=O)C(=O)N3CCCC[C@H]3C(=O)O2)C[C@H]1OC. The average molecular weight is 1140 g/mol. The van der Waals surface area contributed by atoms with Crippen LogP contribution in [-0.2, 0) is 61.8 Å². The van der Waals surface area contributed by atoms with Crippen LogP contribution in [0.3, 0.4) is 0 Å². The fourth-order valence-corrected chi connectivity index (χ4v) is 11.0. The van der Waals surface area contributed by atoms with E-state index in [2.05, 4.69) is 5.32 Å². The molecule has 0 aromatic carbocycles. The van der Waals surface area contributed by atoms with Crippen molar-refractivity contribution in [3.8, 4) is 0 Å². The highest BCUT2D eigenvalue weighted by atomic mass is 16.6. The number of hydrogen-bond acceptors (Lipinski definition) is 19. The molecule has 3 heterocycles. The van der Waals surface area contributed by atoms with E-state index < -0.39 is 114 Å². The van der Waals surface area contributed by atoms with Gasteiger partial charge in [-0.05, 0) is 101 Å². The lowest BCUT2D eigenvalue weighted by atomic mass is 9.80. The quantitative estimate of drug-likeness (QED) is 0.0479. The number of amides is 2. The molecule has 3 aliphatic heterocycles. The number of cyclic esters (lactones) is 1. The summed E-state index contributed by atoms with van der Waals surface area (Å²) in [5.74, 6) is -8.32. The third-order valence-electron chi connectivity index (χ3n) is 16.1. The van der Waals surface area contributed by atoms with Crippen molar-refractivity contribution in [3.05, 3.63) is 47.6 Å². The summed E-state index contributed by atoms with van der Waals surface area (Å²) in [6.07, 6.45) is 6.73. The normalized spacial score (nSPS) is 35.9. The predicted octanol–water partition coefficient (Wildman–Crippen LogP) is 4.44. The van der Waals surface area contributed by atoms with E-state index in [0.29, 0.717) is 97.4 Å². The number of carbonyl (C=O) groups is 5. The number of nitrogens with zero attached hydrogens (tertiary/aromatic N) is 1. The van der Waals surface area contributed by atoms with Gasteiger partial charge in [-0.25, -0.2) is 9.59 Å². The van der Waals surface area contributed by atoms with E-state index in [9.17, 15) is 44.4 Å². The Morgan fingerprint density at radius 3 is 2.15 bits per heavy atom. The molecule has 2 amide bonds. The first-order chi connectivity index (χ1) is 38.1. The molecule has 0 spiro atoms. The lowest BCUT2D eigenvalue weighted by molar-refractivity contribution is -0.265. The Labute approximate surface area is 474 Å². The van der Waals surface area contributed by atoms with E-state index in [0.717, 1.165) is 10.5 Å². The van der Waals surface area contributed by atoms with Crippen LogP contribution >= 0.6 is 0 Å². The Bertz CT molecular complexity index is 2050. The Kier molecular flexibility index (Phi) is 30.2. The maximum absolute atomic E-state index is 14.6. The number of rotatable bonds is 18. The van der Waals surface area contributed by atoms with Crippen molar-refractivity contribution < 1.29 is 87.0 Å². The molecule has 456 valence electrons. The minimum atomic E-state index is -2.48. The van der Waals surface area contributed by atoms with Crippen LogP contribution in [-0.4, -0.2) is 202 Å². The Hall–Kier alpha value is -3.97. The lowest BCUT2D eigenvalue weighted by Gasteiger charge is -2.42. The number of carbonyl (C=O) groups excluding carboxylic acids is 5. The smallest absolute Gasteiger partial charge is 0.407 e. The molecule has 0 unspecified atom stereocenters. The number of methoxy groups -OCH3 is 3. The van der Waals surface area contributed by atoms with Gasteiger partial charge >= 0.3 is 12.1 Å². The fraction of sp³-hybridized carbons (Fsp3) is 0.780. The summed E-state index contributed by atoms with van der Waals surface area (Å²) in [6.45, 7) is 13.5. The number of alkyl carbamates (subject to hydrolysis) is 1. The standard InChI is InChI=1S/C59H97N3O18/c1-37-15-11-10-12-16-38(2)49(73-8)35-44-20-18-42(6)59(71,80-44)55(67)56(68)62-23-14-13-17-46(62)57(69)78-50(36-47(63)39(3)32-41(5)53(65)54(66)52(64)40(4)31-37)45(60)33-43-19-21-48(51(34-43)74-9)79-58(70)61-22-24-75-27-28-77-30-29-76-26-25-72-7/h10-12,15-16,32,37,39-40,42-51,53-54,63,65-66,71H,13-14,17-31,33-36,60H2,1-9H3,(H,61,70)/b12-10+,15-11+,38-16+,41-32+/t37-,39-,40-,42-,43+,44+,45-,46+,47-,48-,49+,50+,51-,53-,54+,59-/m1/s1. The molecule has 2 bridgehead atoms. The van der Waals surface area contributed by atoms with E-state index in [4.69, 9.17) is 48.4 Å². The van der Waals surface area contributed by atoms with Crippen LogP contribution in [0, 0.1) is 29.6 Å². The molecule has 2 saturated heterocycles. The largest absolute Gasteiger partial charge is 0.459 e. The summed E-state index contributed by atoms with van der Waals surface area (Å²) < 4.78 is 51.2. The second-order valence-corrected chi connectivity index (χ2v) is 22.4. The van der Waals surface area contributed by atoms with Crippen molar-refractivity contribution in [2.45, 2.75) is 185 Å². The first kappa shape index (κ1) is 68.5. The van der Waals surface area contributed by atoms with Gasteiger partial charge in [-0.15, -0.1) is 0 Å². The van der Waals surface area contributed by atoms with Crippen LogP contribution in [0.4, 0.5) is 4.79 Å². The second kappa shape index (κ2) is 35.2. The van der Waals surface area contributed by atoms with Gasteiger partial charge in [-0.2, -0.15) is 0 Å². The van der Waals surface area contributed by atoms with E-state index in [1.54, 1.807) is 48.0 Å². The molecule has 3 fully saturated rings. The zero-order chi connectivity index (χ0) is 58.9. The number of fused-ring (bicyclic) bond motifs is 3. The summed E-state index contributed by atoms with van der Waals surface area (Å²) in [5.41, 5.74) is 8.09. The number of aliphatic hydroxyl groups excluding tert-OH is 3. The fourth-order valence-electron chi connectivity index (χ4n) is 11.0. The molecule has 4 aliphatic rings. The number of Topliss-reactive ketones (excluding diaryl/α,β-unsaturated/α-hetero) is 2. The molecule has 1 aliphatic carbocycles. The number of hydrogen-bond donors (Lipinski definition) is 6. The van der Waals surface area contributed by atoms with E-state index >= 15 is 0 Å². The van der Waals surface area contributed by atoms with E-state index in [1.165, 1.54) is 7.11 Å². The van der Waals surface area contributed by atoms with Crippen LogP contribution in [0.2, 0.25) is 0 Å². The van der Waals surface area contributed by atoms with Crippen molar-refractivity contribution in [3.63, 3.8) is 0 Å². The predicted molar refractivity (Wildman–Crippen MR) is 297 cm³/mol. The molecule has 0 aromatic heterocycles. The van der Waals surface area contributed by atoms with Gasteiger partial charge in [0, 0.05) is 71.1 Å². The maximum Gasteiger partial charge on any atom is 0.407 e.